The Bertz CT molecular complexity index is 625. The zero-order chi connectivity index (χ0) is 14.9. The maximum absolute atomic E-state index is 12.4. The molecule has 6 nitrogen and oxygen atoms in total. The van der Waals surface area contributed by atoms with Gasteiger partial charge in [-0.05, 0) is 18.8 Å². The molecule has 0 bridgehead atoms. The number of carbonyl (C=O) groups is 1. The molecule has 1 amide bonds. The number of likely N-dealkylation sites (tertiary alicyclic amines) is 1. The van der Waals surface area contributed by atoms with Crippen LogP contribution >= 0.6 is 11.6 Å². The molecule has 1 fully saturated rings. The lowest BCUT2D eigenvalue weighted by Crippen LogP contribution is -2.38. The van der Waals surface area contributed by atoms with Crippen LogP contribution in [0.5, 0.6) is 0 Å². The van der Waals surface area contributed by atoms with E-state index in [4.69, 9.17) is 11.6 Å². The fourth-order valence-electron chi connectivity index (χ4n) is 2.04. The summed E-state index contributed by atoms with van der Waals surface area (Å²) in [5.74, 6) is 0.251. The first-order valence-corrected chi connectivity index (χ1v) is 8.58. The molecule has 2 heterocycles. The first kappa shape index (κ1) is 15.2. The minimum Gasteiger partial charge on any atom is -0.337 e. The molecule has 0 N–H and O–H groups in total. The highest BCUT2D eigenvalue weighted by Crippen LogP contribution is 2.21. The first-order valence-electron chi connectivity index (χ1n) is 6.31. The predicted octanol–water partition coefficient (Wildman–Crippen LogP) is 1.41. The highest BCUT2D eigenvalue weighted by atomic mass is 35.5. The molecule has 1 aromatic rings. The number of hydrogen-bond donors (Lipinski definition) is 0. The van der Waals surface area contributed by atoms with Crippen LogP contribution in [0, 0.1) is 5.92 Å². The first-order chi connectivity index (χ1) is 9.29. The van der Waals surface area contributed by atoms with Gasteiger partial charge in [0.1, 0.15) is 0 Å². The standard InChI is InChI=1S/C12H16ClN3O3S/c1-8-3-5-16(6-4-8)11(17)10-9(13)7-14-12(15-10)20(2,18)19/h7-8H,3-6H2,1-2H3. The summed E-state index contributed by atoms with van der Waals surface area (Å²) in [5, 5.41) is -0.309. The van der Waals surface area contributed by atoms with Crippen LogP contribution < -0.4 is 0 Å². The van der Waals surface area contributed by atoms with E-state index in [1.807, 2.05) is 0 Å². The topological polar surface area (TPSA) is 80.2 Å². The molecule has 1 saturated heterocycles. The van der Waals surface area contributed by atoms with Gasteiger partial charge in [0.2, 0.25) is 15.0 Å². The molecule has 1 aromatic heterocycles. The minimum absolute atomic E-state index is 0.0448. The zero-order valence-corrected chi connectivity index (χ0v) is 12.9. The van der Waals surface area contributed by atoms with Crippen LogP contribution in [-0.2, 0) is 9.84 Å². The molecular formula is C12H16ClN3O3S. The molecule has 110 valence electrons. The minimum atomic E-state index is -3.57. The van der Waals surface area contributed by atoms with Crippen LogP contribution in [0.2, 0.25) is 5.02 Å². The fraction of sp³-hybridized carbons (Fsp3) is 0.583. The van der Waals surface area contributed by atoms with Crippen molar-refractivity contribution in [3.05, 3.63) is 16.9 Å². The SMILES string of the molecule is CC1CCN(C(=O)c2nc(S(C)(=O)=O)ncc2Cl)CC1. The maximum atomic E-state index is 12.4. The number of halogens is 1. The van der Waals surface area contributed by atoms with Gasteiger partial charge in [-0.2, -0.15) is 0 Å². The molecular weight excluding hydrogens is 302 g/mol. The van der Waals surface area contributed by atoms with Gasteiger partial charge < -0.3 is 4.90 Å². The molecule has 8 heteroatoms. The highest BCUT2D eigenvalue weighted by Gasteiger charge is 2.26. The Morgan fingerprint density at radius 2 is 2.00 bits per heavy atom. The monoisotopic (exact) mass is 317 g/mol. The number of rotatable bonds is 2. The number of nitrogens with zero attached hydrogens (tertiary/aromatic N) is 3. The van der Waals surface area contributed by atoms with Crippen molar-refractivity contribution >= 4 is 27.3 Å². The van der Waals surface area contributed by atoms with E-state index in [0.717, 1.165) is 25.3 Å². The number of amides is 1. The predicted molar refractivity (Wildman–Crippen MR) is 74.5 cm³/mol. The highest BCUT2D eigenvalue weighted by molar-refractivity contribution is 7.90. The van der Waals surface area contributed by atoms with E-state index in [1.165, 1.54) is 0 Å². The summed E-state index contributed by atoms with van der Waals surface area (Å²) in [6.45, 7) is 3.41. The molecule has 2 rings (SSSR count). The van der Waals surface area contributed by atoms with Crippen LogP contribution in [0.25, 0.3) is 0 Å². The number of sulfone groups is 1. The third kappa shape index (κ3) is 3.27. The summed E-state index contributed by atoms with van der Waals surface area (Å²) in [4.78, 5) is 21.5. The van der Waals surface area contributed by atoms with Crippen LogP contribution in [0.1, 0.15) is 30.3 Å². The van der Waals surface area contributed by atoms with E-state index >= 15 is 0 Å². The summed E-state index contributed by atoms with van der Waals surface area (Å²) in [7, 11) is -3.57. The molecule has 1 aliphatic rings. The number of aromatic nitrogens is 2. The second-order valence-corrected chi connectivity index (χ2v) is 7.41. The van der Waals surface area contributed by atoms with Gasteiger partial charge in [-0.25, -0.2) is 18.4 Å². The van der Waals surface area contributed by atoms with Crippen LogP contribution in [0.4, 0.5) is 0 Å². The van der Waals surface area contributed by atoms with Gasteiger partial charge in [-0.15, -0.1) is 0 Å². The van der Waals surface area contributed by atoms with Crippen LogP contribution in [-0.4, -0.2) is 48.5 Å². The zero-order valence-electron chi connectivity index (χ0n) is 11.3. The normalized spacial score (nSPS) is 17.2. The quantitative estimate of drug-likeness (QED) is 0.770. The summed E-state index contributed by atoms with van der Waals surface area (Å²) in [6, 6.07) is 0. The maximum Gasteiger partial charge on any atom is 0.274 e. The second-order valence-electron chi connectivity index (χ2n) is 5.10. The van der Waals surface area contributed by atoms with E-state index in [9.17, 15) is 13.2 Å². The third-order valence-electron chi connectivity index (χ3n) is 3.33. The van der Waals surface area contributed by atoms with Crippen molar-refractivity contribution in [3.8, 4) is 0 Å². The molecule has 0 saturated carbocycles. The van der Waals surface area contributed by atoms with Gasteiger partial charge in [-0.3, -0.25) is 4.79 Å². The van der Waals surface area contributed by atoms with Crippen molar-refractivity contribution in [2.45, 2.75) is 24.9 Å². The van der Waals surface area contributed by atoms with Gasteiger partial charge in [0.05, 0.1) is 11.2 Å². The van der Waals surface area contributed by atoms with Crippen molar-refractivity contribution in [1.82, 2.24) is 14.9 Å². The number of hydrogen-bond acceptors (Lipinski definition) is 5. The van der Waals surface area contributed by atoms with E-state index in [0.29, 0.717) is 19.0 Å². The summed E-state index contributed by atoms with van der Waals surface area (Å²) < 4.78 is 22.9. The van der Waals surface area contributed by atoms with E-state index < -0.39 is 9.84 Å². The van der Waals surface area contributed by atoms with Gasteiger partial charge in [0, 0.05) is 19.3 Å². The Morgan fingerprint density at radius 1 is 1.40 bits per heavy atom. The molecule has 0 unspecified atom stereocenters. The number of piperidine rings is 1. The Balaban J connectivity index is 2.30. The molecule has 1 aliphatic heterocycles. The van der Waals surface area contributed by atoms with Crippen LogP contribution in [0.15, 0.2) is 11.4 Å². The molecule has 0 atom stereocenters. The van der Waals surface area contributed by atoms with E-state index in [1.54, 1.807) is 4.90 Å². The molecule has 0 radical (unpaired) electrons. The lowest BCUT2D eigenvalue weighted by molar-refractivity contribution is 0.0690. The average molecular weight is 318 g/mol. The van der Waals surface area contributed by atoms with Crippen molar-refractivity contribution in [2.24, 2.45) is 5.92 Å². The largest absolute Gasteiger partial charge is 0.337 e. The summed E-state index contributed by atoms with van der Waals surface area (Å²) >= 11 is 5.92. The lowest BCUT2D eigenvalue weighted by atomic mass is 9.99. The molecule has 0 aliphatic carbocycles. The van der Waals surface area contributed by atoms with Gasteiger partial charge >= 0.3 is 0 Å². The molecule has 20 heavy (non-hydrogen) atoms. The van der Waals surface area contributed by atoms with Crippen molar-refractivity contribution in [2.75, 3.05) is 19.3 Å². The fourth-order valence-corrected chi connectivity index (χ4v) is 2.71. The van der Waals surface area contributed by atoms with Crippen molar-refractivity contribution < 1.29 is 13.2 Å². The molecule has 0 aromatic carbocycles. The Morgan fingerprint density at radius 3 is 2.55 bits per heavy atom. The van der Waals surface area contributed by atoms with Crippen LogP contribution in [0.3, 0.4) is 0 Å². The average Bonchev–Trinajstić information content (AvgIpc) is 2.38. The van der Waals surface area contributed by atoms with Gasteiger partial charge in [-0.1, -0.05) is 18.5 Å². The van der Waals surface area contributed by atoms with Crippen molar-refractivity contribution in [3.63, 3.8) is 0 Å². The smallest absolute Gasteiger partial charge is 0.274 e. The van der Waals surface area contributed by atoms with E-state index in [2.05, 4.69) is 16.9 Å². The lowest BCUT2D eigenvalue weighted by Gasteiger charge is -2.30. The molecule has 0 spiro atoms. The van der Waals surface area contributed by atoms with Crippen molar-refractivity contribution in [1.29, 1.82) is 0 Å². The Kier molecular flexibility index (Phi) is 4.29. The van der Waals surface area contributed by atoms with Gasteiger partial charge in [0.15, 0.2) is 5.69 Å². The van der Waals surface area contributed by atoms with E-state index in [-0.39, 0.29) is 21.8 Å². The number of carbonyl (C=O) groups excluding carboxylic acids is 1. The Hall–Kier alpha value is -1.21. The summed E-state index contributed by atoms with van der Waals surface area (Å²) in [6.07, 6.45) is 4.00. The summed E-state index contributed by atoms with van der Waals surface area (Å²) in [5.41, 5.74) is -0.0448. The van der Waals surface area contributed by atoms with Gasteiger partial charge in [0.25, 0.3) is 5.91 Å². The second kappa shape index (κ2) is 5.65. The Labute approximate surface area is 123 Å². The third-order valence-corrected chi connectivity index (χ3v) is 4.46.